The lowest BCUT2D eigenvalue weighted by molar-refractivity contribution is -0.00262. The van der Waals surface area contributed by atoms with E-state index in [9.17, 15) is 10.1 Å². The fourth-order valence-corrected chi connectivity index (χ4v) is 0.731. The minimum atomic E-state index is 0.0141. The Morgan fingerprint density at radius 2 is 2.10 bits per heavy atom. The molecular weight excluding hydrogens is 134 g/mol. The summed E-state index contributed by atoms with van der Waals surface area (Å²) in [7, 11) is 0. The van der Waals surface area contributed by atoms with Crippen molar-refractivity contribution in [1.29, 1.82) is 0 Å². The minimum absolute atomic E-state index is 0.0141. The molecule has 0 fully saturated rings. The highest BCUT2D eigenvalue weighted by molar-refractivity contribution is 4.56. The van der Waals surface area contributed by atoms with E-state index in [1.165, 1.54) is 5.01 Å². The van der Waals surface area contributed by atoms with Gasteiger partial charge >= 0.3 is 0 Å². The topological polar surface area (TPSA) is 59.0 Å². The Morgan fingerprint density at radius 1 is 1.60 bits per heavy atom. The van der Waals surface area contributed by atoms with E-state index >= 15 is 0 Å². The molecule has 5 nitrogen and oxygen atoms in total. The summed E-state index contributed by atoms with van der Waals surface area (Å²) in [4.78, 5) is 9.73. The molecular formula is C5H12N3O2-. The van der Waals surface area contributed by atoms with Gasteiger partial charge < -0.3 is 5.21 Å². The van der Waals surface area contributed by atoms with E-state index in [1.54, 1.807) is 6.92 Å². The molecule has 0 saturated heterocycles. The lowest BCUT2D eigenvalue weighted by Crippen LogP contribution is -2.39. The highest BCUT2D eigenvalue weighted by Gasteiger charge is 2.07. The standard InChI is InChI=1S/C5H12N3O2/c1-4-7(5(2)3)8(10)6-9/h5H,4H2,1-3H3/q-1. The number of hydrazine groups is 1. The molecule has 0 aromatic carbocycles. The maximum absolute atomic E-state index is 10.5. The zero-order valence-electron chi connectivity index (χ0n) is 6.44. The number of nitroso groups, excluding NO2 is 1. The van der Waals surface area contributed by atoms with E-state index in [-0.39, 0.29) is 11.3 Å². The monoisotopic (exact) mass is 146 g/mol. The number of hydrogen-bond acceptors (Lipinski definition) is 4. The fraction of sp³-hybridized carbons (Fsp3) is 1.00. The van der Waals surface area contributed by atoms with Gasteiger partial charge in [0.15, 0.2) is 0 Å². The molecule has 0 rings (SSSR count). The van der Waals surface area contributed by atoms with Crippen LogP contribution in [0.2, 0.25) is 0 Å². The van der Waals surface area contributed by atoms with E-state index in [1.807, 2.05) is 13.8 Å². The molecule has 0 N–H and O–H groups in total. The molecule has 10 heavy (non-hydrogen) atoms. The summed E-state index contributed by atoms with van der Waals surface area (Å²) in [6.07, 6.45) is 0. The van der Waals surface area contributed by atoms with Crippen molar-refractivity contribution in [3.05, 3.63) is 10.1 Å². The Morgan fingerprint density at radius 3 is 2.20 bits per heavy atom. The average molecular weight is 146 g/mol. The second-order valence-electron chi connectivity index (χ2n) is 2.18. The van der Waals surface area contributed by atoms with Crippen LogP contribution in [-0.4, -0.2) is 22.9 Å². The minimum Gasteiger partial charge on any atom is -0.724 e. The van der Waals surface area contributed by atoms with Gasteiger partial charge in [-0.1, -0.05) is 6.92 Å². The highest BCUT2D eigenvalue weighted by atomic mass is 16.6. The molecule has 0 aliphatic rings. The lowest BCUT2D eigenvalue weighted by atomic mass is 10.4. The Kier molecular flexibility index (Phi) is 3.90. The van der Waals surface area contributed by atoms with Gasteiger partial charge in [-0.15, -0.1) is 4.91 Å². The summed E-state index contributed by atoms with van der Waals surface area (Å²) < 4.78 is 0. The Hall–Kier alpha value is -0.680. The van der Waals surface area contributed by atoms with E-state index < -0.39 is 0 Å². The van der Waals surface area contributed by atoms with Gasteiger partial charge in [0, 0.05) is 12.6 Å². The van der Waals surface area contributed by atoms with Crippen LogP contribution >= 0.6 is 0 Å². The van der Waals surface area contributed by atoms with Crippen molar-refractivity contribution in [2.75, 3.05) is 6.54 Å². The summed E-state index contributed by atoms with van der Waals surface area (Å²) in [5.41, 5.74) is 0. The van der Waals surface area contributed by atoms with Gasteiger partial charge in [0.25, 0.3) is 0 Å². The van der Waals surface area contributed by atoms with Crippen molar-refractivity contribution in [2.45, 2.75) is 26.8 Å². The molecule has 0 aromatic heterocycles. The first-order valence-corrected chi connectivity index (χ1v) is 3.20. The van der Waals surface area contributed by atoms with Crippen LogP contribution in [-0.2, 0) is 0 Å². The summed E-state index contributed by atoms with van der Waals surface area (Å²) in [5, 5.41) is 14.2. The van der Waals surface area contributed by atoms with E-state index in [0.717, 1.165) is 0 Å². The molecule has 0 unspecified atom stereocenters. The summed E-state index contributed by atoms with van der Waals surface area (Å²) in [5.74, 6) is 0. The fourth-order valence-electron chi connectivity index (χ4n) is 0.731. The first-order valence-electron chi connectivity index (χ1n) is 3.20. The smallest absolute Gasteiger partial charge is 0.0579 e. The van der Waals surface area contributed by atoms with Gasteiger partial charge in [0.2, 0.25) is 0 Å². The van der Waals surface area contributed by atoms with E-state index in [2.05, 4.69) is 5.29 Å². The van der Waals surface area contributed by atoms with Crippen LogP contribution < -0.4 is 0 Å². The number of rotatable bonds is 4. The third kappa shape index (κ3) is 2.28. The normalized spacial score (nSPS) is 10.6. The van der Waals surface area contributed by atoms with Crippen LogP contribution in [0.3, 0.4) is 0 Å². The first-order chi connectivity index (χ1) is 4.63. The third-order valence-corrected chi connectivity index (χ3v) is 1.21. The summed E-state index contributed by atoms with van der Waals surface area (Å²) >= 11 is 0. The quantitative estimate of drug-likeness (QED) is 0.440. The Balaban J connectivity index is 3.92. The molecule has 0 spiro atoms. The number of hydrogen-bond donors (Lipinski definition) is 0. The molecule has 0 amide bonds. The zero-order chi connectivity index (χ0) is 8.15. The summed E-state index contributed by atoms with van der Waals surface area (Å²) in [6.45, 7) is 5.92. The molecule has 0 radical (unpaired) electrons. The van der Waals surface area contributed by atoms with Crippen molar-refractivity contribution in [1.82, 2.24) is 10.3 Å². The first kappa shape index (κ1) is 9.32. The Bertz CT molecular complexity index is 107. The van der Waals surface area contributed by atoms with Crippen LogP contribution in [0.25, 0.3) is 0 Å². The second kappa shape index (κ2) is 4.19. The third-order valence-electron chi connectivity index (χ3n) is 1.21. The van der Waals surface area contributed by atoms with Crippen molar-refractivity contribution < 1.29 is 0 Å². The van der Waals surface area contributed by atoms with Gasteiger partial charge in [-0.3, -0.25) is 5.28 Å². The van der Waals surface area contributed by atoms with Crippen LogP contribution in [0.1, 0.15) is 20.8 Å². The molecule has 0 aliphatic heterocycles. The second-order valence-corrected chi connectivity index (χ2v) is 2.18. The van der Waals surface area contributed by atoms with Crippen LogP contribution in [0, 0.1) is 10.1 Å². The van der Waals surface area contributed by atoms with Crippen molar-refractivity contribution in [3.8, 4) is 0 Å². The van der Waals surface area contributed by atoms with Crippen molar-refractivity contribution in [2.24, 2.45) is 5.29 Å². The van der Waals surface area contributed by atoms with Gasteiger partial charge in [-0.05, 0) is 13.8 Å². The van der Waals surface area contributed by atoms with Gasteiger partial charge in [-0.2, -0.15) is 0 Å². The average Bonchev–Trinajstić information content (AvgIpc) is 1.88. The maximum Gasteiger partial charge on any atom is 0.0579 e. The maximum atomic E-state index is 10.5. The molecule has 0 bridgehead atoms. The van der Waals surface area contributed by atoms with Gasteiger partial charge in [0.05, 0.1) is 5.29 Å². The predicted octanol–water partition coefficient (Wildman–Crippen LogP) is 1.11. The van der Waals surface area contributed by atoms with E-state index in [0.29, 0.717) is 6.54 Å². The van der Waals surface area contributed by atoms with E-state index in [4.69, 9.17) is 0 Å². The SMILES string of the molecule is CCN(C(C)C)N([O-])N=O. The van der Waals surface area contributed by atoms with Crippen LogP contribution in [0.5, 0.6) is 0 Å². The molecule has 0 heterocycles. The predicted molar refractivity (Wildman–Crippen MR) is 38.5 cm³/mol. The van der Waals surface area contributed by atoms with Gasteiger partial charge in [-0.25, -0.2) is 5.01 Å². The molecule has 60 valence electrons. The molecule has 5 heteroatoms. The molecule has 0 aromatic rings. The zero-order valence-corrected chi connectivity index (χ0v) is 6.44. The highest BCUT2D eigenvalue weighted by Crippen LogP contribution is 2.01. The van der Waals surface area contributed by atoms with Crippen molar-refractivity contribution in [3.63, 3.8) is 0 Å². The summed E-state index contributed by atoms with van der Waals surface area (Å²) in [6, 6.07) is 0.0141. The number of nitrogens with zero attached hydrogens (tertiary/aromatic N) is 3. The lowest BCUT2D eigenvalue weighted by Gasteiger charge is -2.35. The van der Waals surface area contributed by atoms with Gasteiger partial charge in [0.1, 0.15) is 0 Å². The van der Waals surface area contributed by atoms with Crippen LogP contribution in [0.15, 0.2) is 5.29 Å². The van der Waals surface area contributed by atoms with Crippen LogP contribution in [0.4, 0.5) is 0 Å². The van der Waals surface area contributed by atoms with Crippen molar-refractivity contribution >= 4 is 0 Å². The Labute approximate surface area is 60.1 Å². The largest absolute Gasteiger partial charge is 0.724 e. The molecule has 0 aliphatic carbocycles. The molecule has 0 saturated carbocycles. The molecule has 0 atom stereocenters.